The second kappa shape index (κ2) is 6.37. The zero-order valence-electron chi connectivity index (χ0n) is 12.1. The quantitative estimate of drug-likeness (QED) is 0.738. The fraction of sp³-hybridized carbons (Fsp3) is 0.118. The standard InChI is InChI=1S/C17H12BrFO3S/c1-23(21)12-5-2-10(3-6-12)17-16(18)14(9-20)13-8-11(19)4-7-15(13)22-17/h2-9,14H,1H3. The van der Waals surface area contributed by atoms with E-state index in [0.29, 0.717) is 26.4 Å². The minimum atomic E-state index is -1.06. The van der Waals surface area contributed by atoms with Gasteiger partial charge < -0.3 is 9.53 Å². The molecule has 0 radical (unpaired) electrons. The Kier molecular flexibility index (Phi) is 4.46. The van der Waals surface area contributed by atoms with Gasteiger partial charge in [0, 0.05) is 33.1 Å². The highest BCUT2D eigenvalue weighted by molar-refractivity contribution is 9.11. The zero-order chi connectivity index (χ0) is 16.6. The summed E-state index contributed by atoms with van der Waals surface area (Å²) < 4.78 is 31.3. The Bertz CT molecular complexity index is 830. The van der Waals surface area contributed by atoms with Crippen molar-refractivity contribution >= 4 is 38.8 Å². The number of fused-ring (bicyclic) bond motifs is 1. The van der Waals surface area contributed by atoms with Crippen LogP contribution in [-0.2, 0) is 15.6 Å². The van der Waals surface area contributed by atoms with Crippen molar-refractivity contribution < 1.29 is 18.1 Å². The van der Waals surface area contributed by atoms with Crippen molar-refractivity contribution in [2.75, 3.05) is 6.26 Å². The smallest absolute Gasteiger partial charge is 0.145 e. The predicted octanol–water partition coefficient (Wildman–Crippen LogP) is 4.00. The van der Waals surface area contributed by atoms with Crippen LogP contribution in [-0.4, -0.2) is 16.8 Å². The van der Waals surface area contributed by atoms with Gasteiger partial charge in [0.1, 0.15) is 23.6 Å². The van der Waals surface area contributed by atoms with Crippen LogP contribution in [0.25, 0.3) is 5.76 Å². The molecule has 0 aromatic heterocycles. The van der Waals surface area contributed by atoms with Crippen LogP contribution in [0.1, 0.15) is 17.0 Å². The van der Waals surface area contributed by atoms with Gasteiger partial charge in [-0.2, -0.15) is 0 Å². The number of halogens is 2. The minimum Gasteiger partial charge on any atom is -0.456 e. The van der Waals surface area contributed by atoms with Crippen molar-refractivity contribution in [1.29, 1.82) is 0 Å². The van der Waals surface area contributed by atoms with Crippen molar-refractivity contribution in [1.82, 2.24) is 0 Å². The molecule has 6 heteroatoms. The number of allylic oxidation sites excluding steroid dienone is 1. The molecule has 0 spiro atoms. The maximum Gasteiger partial charge on any atom is 0.145 e. The van der Waals surface area contributed by atoms with Crippen LogP contribution in [0.5, 0.6) is 5.75 Å². The number of aldehydes is 1. The first-order valence-electron chi connectivity index (χ1n) is 6.77. The van der Waals surface area contributed by atoms with Gasteiger partial charge in [0.15, 0.2) is 0 Å². The molecule has 0 N–H and O–H groups in total. The molecule has 2 aromatic carbocycles. The molecule has 0 fully saturated rings. The summed E-state index contributed by atoms with van der Waals surface area (Å²) in [5.41, 5.74) is 1.23. The molecule has 2 aromatic rings. The average molecular weight is 395 g/mol. The number of carbonyl (C=O) groups excluding carboxylic acids is 1. The molecule has 23 heavy (non-hydrogen) atoms. The molecular weight excluding hydrogens is 383 g/mol. The molecule has 1 aliphatic rings. The van der Waals surface area contributed by atoms with Crippen LogP contribution in [0.4, 0.5) is 4.39 Å². The Balaban J connectivity index is 2.07. The molecule has 0 bridgehead atoms. The molecule has 118 valence electrons. The Morgan fingerprint density at radius 2 is 1.91 bits per heavy atom. The average Bonchev–Trinajstić information content (AvgIpc) is 2.54. The van der Waals surface area contributed by atoms with Crippen molar-refractivity contribution in [2.45, 2.75) is 10.8 Å². The van der Waals surface area contributed by atoms with Crippen molar-refractivity contribution in [3.63, 3.8) is 0 Å². The summed E-state index contributed by atoms with van der Waals surface area (Å²) in [6.07, 6.45) is 2.36. The van der Waals surface area contributed by atoms with Gasteiger partial charge in [-0.1, -0.05) is 28.1 Å². The van der Waals surface area contributed by atoms with Crippen LogP contribution in [0, 0.1) is 5.82 Å². The molecule has 3 rings (SSSR count). The highest BCUT2D eigenvalue weighted by Gasteiger charge is 2.29. The number of hydrogen-bond donors (Lipinski definition) is 0. The summed E-state index contributed by atoms with van der Waals surface area (Å²) >= 11 is 3.40. The molecule has 0 amide bonds. The lowest BCUT2D eigenvalue weighted by Crippen LogP contribution is -2.13. The lowest BCUT2D eigenvalue weighted by atomic mass is 9.95. The molecule has 0 saturated heterocycles. The van der Waals surface area contributed by atoms with E-state index < -0.39 is 22.5 Å². The zero-order valence-corrected chi connectivity index (χ0v) is 14.5. The largest absolute Gasteiger partial charge is 0.456 e. The Hall–Kier alpha value is -1.79. The second-order valence-corrected chi connectivity index (χ2v) is 7.29. The molecule has 2 atom stereocenters. The number of ether oxygens (including phenoxy) is 1. The van der Waals surface area contributed by atoms with Crippen molar-refractivity contribution in [3.05, 3.63) is 63.9 Å². The number of rotatable bonds is 3. The second-order valence-electron chi connectivity index (χ2n) is 5.05. The SMILES string of the molecule is CS(=O)c1ccc(C2=C(Br)C(C=O)c3cc(F)ccc3O2)cc1. The first-order chi connectivity index (χ1) is 11.0. The molecular formula is C17H12BrFO3S. The van der Waals surface area contributed by atoms with Crippen molar-refractivity contribution in [2.24, 2.45) is 0 Å². The van der Waals surface area contributed by atoms with Gasteiger partial charge in [-0.3, -0.25) is 4.21 Å². The monoisotopic (exact) mass is 394 g/mol. The molecule has 1 heterocycles. The summed E-state index contributed by atoms with van der Waals surface area (Å²) in [6, 6.07) is 11.2. The van der Waals surface area contributed by atoms with E-state index in [2.05, 4.69) is 15.9 Å². The maximum absolute atomic E-state index is 13.4. The van der Waals surface area contributed by atoms with Gasteiger partial charge in [0.05, 0.1) is 10.4 Å². The normalized spacial score (nSPS) is 18.1. The van der Waals surface area contributed by atoms with Crippen LogP contribution in [0.3, 0.4) is 0 Å². The van der Waals surface area contributed by atoms with Gasteiger partial charge in [-0.15, -0.1) is 0 Å². The number of carbonyl (C=O) groups is 1. The van der Waals surface area contributed by atoms with E-state index >= 15 is 0 Å². The molecule has 1 aliphatic heterocycles. The van der Waals surface area contributed by atoms with Gasteiger partial charge in [-0.05, 0) is 30.3 Å². The van der Waals surface area contributed by atoms with Crippen molar-refractivity contribution in [3.8, 4) is 5.75 Å². The van der Waals surface area contributed by atoms with Gasteiger partial charge in [-0.25, -0.2) is 4.39 Å². The Morgan fingerprint density at radius 1 is 1.22 bits per heavy atom. The summed E-state index contributed by atoms with van der Waals surface area (Å²) in [5, 5.41) is 0. The summed E-state index contributed by atoms with van der Waals surface area (Å²) in [7, 11) is -1.06. The van der Waals surface area contributed by atoms with Crippen LogP contribution in [0.15, 0.2) is 51.8 Å². The summed E-state index contributed by atoms with van der Waals surface area (Å²) in [6.45, 7) is 0. The predicted molar refractivity (Wildman–Crippen MR) is 90.5 cm³/mol. The van der Waals surface area contributed by atoms with Crippen LogP contribution < -0.4 is 4.74 Å². The lowest BCUT2D eigenvalue weighted by molar-refractivity contribution is -0.108. The fourth-order valence-corrected chi connectivity index (χ4v) is 3.60. The summed E-state index contributed by atoms with van der Waals surface area (Å²) in [5.74, 6) is -0.0957. The highest BCUT2D eigenvalue weighted by atomic mass is 79.9. The summed E-state index contributed by atoms with van der Waals surface area (Å²) in [4.78, 5) is 12.2. The third-order valence-electron chi connectivity index (χ3n) is 3.59. The molecule has 0 aliphatic carbocycles. The highest BCUT2D eigenvalue weighted by Crippen LogP contribution is 2.44. The first-order valence-corrected chi connectivity index (χ1v) is 9.12. The first kappa shape index (κ1) is 16.1. The van der Waals surface area contributed by atoms with Gasteiger partial charge in [0.25, 0.3) is 0 Å². The van der Waals surface area contributed by atoms with Crippen LogP contribution >= 0.6 is 15.9 Å². The third kappa shape index (κ3) is 3.01. The Morgan fingerprint density at radius 3 is 2.52 bits per heavy atom. The minimum absolute atomic E-state index is 0.419. The fourth-order valence-electron chi connectivity index (χ4n) is 2.42. The third-order valence-corrected chi connectivity index (χ3v) is 5.38. The maximum atomic E-state index is 13.4. The number of benzene rings is 2. The number of hydrogen-bond acceptors (Lipinski definition) is 3. The van der Waals surface area contributed by atoms with Gasteiger partial charge in [0.2, 0.25) is 0 Å². The van der Waals surface area contributed by atoms with E-state index in [-0.39, 0.29) is 0 Å². The van der Waals surface area contributed by atoms with E-state index in [0.717, 1.165) is 11.8 Å². The van der Waals surface area contributed by atoms with Crippen LogP contribution in [0.2, 0.25) is 0 Å². The Labute approximate surface area is 143 Å². The van der Waals surface area contributed by atoms with E-state index in [1.54, 1.807) is 30.5 Å². The lowest BCUT2D eigenvalue weighted by Gasteiger charge is -2.25. The van der Waals surface area contributed by atoms with E-state index in [1.807, 2.05) is 0 Å². The molecule has 2 unspecified atom stereocenters. The topological polar surface area (TPSA) is 43.4 Å². The molecule has 3 nitrogen and oxygen atoms in total. The van der Waals surface area contributed by atoms with E-state index in [9.17, 15) is 13.4 Å². The van der Waals surface area contributed by atoms with E-state index in [1.165, 1.54) is 18.2 Å². The molecule has 0 saturated carbocycles. The van der Waals surface area contributed by atoms with Gasteiger partial charge >= 0.3 is 0 Å². The van der Waals surface area contributed by atoms with E-state index in [4.69, 9.17) is 4.74 Å².